The Labute approximate surface area is 256 Å². The van der Waals surface area contributed by atoms with Crippen LogP contribution in [0.25, 0.3) is 21.8 Å². The van der Waals surface area contributed by atoms with Crippen LogP contribution in [0.2, 0.25) is 0 Å². The van der Waals surface area contributed by atoms with E-state index in [1.165, 1.54) is 44.1 Å². The molecular formula is C38H63NP2. The predicted molar refractivity (Wildman–Crippen MR) is 193 cm³/mol. The SMILES string of the molecule is CC(C)(C)c1cc(CP(C(C)(C)C)C(C)(C)C)c2[nH]c3c(CP(C(C)(C)C)C(C)(C)C)cc(C(C)(C)C)cc3c2c1. The van der Waals surface area contributed by atoms with Crippen molar-refractivity contribution in [3.8, 4) is 0 Å². The van der Waals surface area contributed by atoms with Gasteiger partial charge in [-0.15, -0.1) is 0 Å². The predicted octanol–water partition coefficient (Wildman–Crippen LogP) is 13.1. The Bertz CT molecular complexity index is 1250. The lowest BCUT2D eigenvalue weighted by Crippen LogP contribution is -2.26. The molecule has 1 heterocycles. The molecule has 0 amide bonds. The van der Waals surface area contributed by atoms with Crippen molar-refractivity contribution in [1.82, 2.24) is 4.98 Å². The molecule has 2 aromatic carbocycles. The number of aromatic amines is 1. The summed E-state index contributed by atoms with van der Waals surface area (Å²) in [7, 11) is -0.528. The van der Waals surface area contributed by atoms with Gasteiger partial charge < -0.3 is 4.98 Å². The van der Waals surface area contributed by atoms with E-state index in [0.29, 0.717) is 0 Å². The summed E-state index contributed by atoms with van der Waals surface area (Å²) in [4.78, 5) is 4.11. The van der Waals surface area contributed by atoms with E-state index in [-0.39, 0.29) is 47.3 Å². The summed E-state index contributed by atoms with van der Waals surface area (Å²) in [5.74, 6) is 0. The van der Waals surface area contributed by atoms with Crippen molar-refractivity contribution < 1.29 is 0 Å². The first-order valence-corrected chi connectivity index (χ1v) is 18.8. The van der Waals surface area contributed by atoms with Gasteiger partial charge in [-0.25, -0.2) is 0 Å². The van der Waals surface area contributed by atoms with Crippen molar-refractivity contribution >= 4 is 37.6 Å². The quantitative estimate of drug-likeness (QED) is 0.289. The molecular weight excluding hydrogens is 532 g/mol. The van der Waals surface area contributed by atoms with Crippen LogP contribution in [0.1, 0.15) is 147 Å². The Balaban J connectivity index is 2.46. The van der Waals surface area contributed by atoms with Crippen LogP contribution in [0.15, 0.2) is 24.3 Å². The van der Waals surface area contributed by atoms with Crippen molar-refractivity contribution in [3.63, 3.8) is 0 Å². The maximum Gasteiger partial charge on any atom is 0.0501 e. The minimum atomic E-state index is -0.264. The third-order valence-electron chi connectivity index (χ3n) is 8.61. The first-order chi connectivity index (χ1) is 18.1. The summed E-state index contributed by atoms with van der Waals surface area (Å²) in [6.45, 7) is 43.7. The number of hydrogen-bond acceptors (Lipinski definition) is 0. The molecule has 0 unspecified atom stereocenters. The monoisotopic (exact) mass is 595 g/mol. The second kappa shape index (κ2) is 10.9. The molecule has 0 atom stereocenters. The van der Waals surface area contributed by atoms with Gasteiger partial charge in [0.25, 0.3) is 0 Å². The Morgan fingerprint density at radius 3 is 0.927 bits per heavy atom. The third kappa shape index (κ3) is 7.79. The zero-order valence-corrected chi connectivity index (χ0v) is 31.9. The molecule has 0 aliphatic rings. The Morgan fingerprint density at radius 2 is 0.707 bits per heavy atom. The van der Waals surface area contributed by atoms with Gasteiger partial charge in [0.15, 0.2) is 0 Å². The summed E-state index contributed by atoms with van der Waals surface area (Å²) in [5.41, 5.74) is 8.86. The highest BCUT2D eigenvalue weighted by Gasteiger charge is 2.37. The molecule has 230 valence electrons. The smallest absolute Gasteiger partial charge is 0.0501 e. The molecule has 1 nitrogen and oxygen atoms in total. The van der Waals surface area contributed by atoms with E-state index in [0.717, 1.165) is 12.3 Å². The van der Waals surface area contributed by atoms with Crippen molar-refractivity contribution in [3.05, 3.63) is 46.5 Å². The van der Waals surface area contributed by atoms with E-state index in [9.17, 15) is 0 Å². The fraction of sp³-hybridized carbons (Fsp3) is 0.684. The Morgan fingerprint density at radius 1 is 0.439 bits per heavy atom. The third-order valence-corrected chi connectivity index (χ3v) is 16.4. The molecule has 0 saturated heterocycles. The fourth-order valence-electron chi connectivity index (χ4n) is 6.67. The number of benzene rings is 2. The summed E-state index contributed by atoms with van der Waals surface area (Å²) >= 11 is 0. The molecule has 41 heavy (non-hydrogen) atoms. The summed E-state index contributed by atoms with van der Waals surface area (Å²) < 4.78 is 0. The van der Waals surface area contributed by atoms with Crippen LogP contribution in [0, 0.1) is 0 Å². The van der Waals surface area contributed by atoms with Gasteiger partial charge in [-0.05, 0) is 78.2 Å². The van der Waals surface area contributed by atoms with Crippen LogP contribution in [0.5, 0.6) is 0 Å². The molecule has 0 saturated carbocycles. The molecule has 3 rings (SSSR count). The van der Waals surface area contributed by atoms with Crippen molar-refractivity contribution in [2.24, 2.45) is 0 Å². The Kier molecular flexibility index (Phi) is 9.21. The molecule has 0 aliphatic heterocycles. The second-order valence-corrected chi connectivity index (χ2v) is 26.3. The van der Waals surface area contributed by atoms with E-state index in [1.807, 2.05) is 0 Å². The first-order valence-electron chi connectivity index (χ1n) is 15.8. The first kappa shape index (κ1) is 34.6. The summed E-state index contributed by atoms with van der Waals surface area (Å²) in [6.07, 6.45) is 2.29. The largest absolute Gasteiger partial charge is 0.354 e. The van der Waals surface area contributed by atoms with E-state index in [1.54, 1.807) is 0 Å². The van der Waals surface area contributed by atoms with E-state index >= 15 is 0 Å². The van der Waals surface area contributed by atoms with Crippen molar-refractivity contribution in [2.75, 3.05) is 0 Å². The molecule has 0 spiro atoms. The molecule has 1 aromatic heterocycles. The number of rotatable bonds is 4. The molecule has 0 aliphatic carbocycles. The number of hydrogen-bond donors (Lipinski definition) is 1. The molecule has 0 bridgehead atoms. The van der Waals surface area contributed by atoms with Crippen molar-refractivity contribution in [2.45, 2.75) is 168 Å². The van der Waals surface area contributed by atoms with Crippen LogP contribution in [0.3, 0.4) is 0 Å². The standard InChI is InChI=1S/C38H63NP2/c1-33(2,3)27-19-25(23-40(35(7,8)9)36(10,11)12)31-29(21-27)30-22-28(34(4,5)6)20-26(32(30)39-31)24-41(37(13,14)15)38(16,17)18/h19-22,39H,23-24H2,1-18H3. The molecule has 0 radical (unpaired) electrons. The Hall–Kier alpha value is -0.900. The minimum absolute atomic E-state index is 0.0933. The zero-order chi connectivity index (χ0) is 31.7. The number of aromatic nitrogens is 1. The lowest BCUT2D eigenvalue weighted by Gasteiger charge is -2.42. The van der Waals surface area contributed by atoms with Crippen LogP contribution in [-0.2, 0) is 23.2 Å². The van der Waals surface area contributed by atoms with Gasteiger partial charge in [0, 0.05) is 10.8 Å². The van der Waals surface area contributed by atoms with Gasteiger partial charge >= 0.3 is 0 Å². The van der Waals surface area contributed by atoms with E-state index in [2.05, 4.69) is 154 Å². The average molecular weight is 596 g/mol. The summed E-state index contributed by atoms with van der Waals surface area (Å²) in [5, 5.41) is 3.96. The highest BCUT2D eigenvalue weighted by Crippen LogP contribution is 2.63. The number of H-pyrrole nitrogens is 1. The van der Waals surface area contributed by atoms with Crippen molar-refractivity contribution in [1.29, 1.82) is 0 Å². The van der Waals surface area contributed by atoms with Crippen LogP contribution in [0.4, 0.5) is 0 Å². The minimum Gasteiger partial charge on any atom is -0.354 e. The van der Waals surface area contributed by atoms with E-state index in [4.69, 9.17) is 0 Å². The highest BCUT2D eigenvalue weighted by atomic mass is 31.1. The molecule has 3 heteroatoms. The maximum absolute atomic E-state index is 4.11. The number of nitrogens with one attached hydrogen (secondary N) is 1. The highest BCUT2D eigenvalue weighted by molar-refractivity contribution is 7.60. The zero-order valence-electron chi connectivity index (χ0n) is 30.1. The van der Waals surface area contributed by atoms with Gasteiger partial charge in [-0.1, -0.05) is 153 Å². The maximum atomic E-state index is 4.11. The van der Waals surface area contributed by atoms with E-state index < -0.39 is 0 Å². The van der Waals surface area contributed by atoms with Gasteiger partial charge in [0.2, 0.25) is 0 Å². The molecule has 0 fully saturated rings. The van der Waals surface area contributed by atoms with Gasteiger partial charge in [-0.3, -0.25) is 0 Å². The lowest BCUT2D eigenvalue weighted by atomic mass is 9.83. The normalized spacial score (nSPS) is 14.7. The fourth-order valence-corrected chi connectivity index (χ4v) is 13.8. The second-order valence-electron chi connectivity index (χ2n) is 18.6. The average Bonchev–Trinajstić information content (AvgIpc) is 3.10. The topological polar surface area (TPSA) is 15.8 Å². The lowest BCUT2D eigenvalue weighted by molar-refractivity contribution is 0.590. The molecule has 3 aromatic rings. The van der Waals surface area contributed by atoms with Gasteiger partial charge in [0.1, 0.15) is 0 Å². The summed E-state index contributed by atoms with van der Waals surface area (Å²) in [6, 6.07) is 10.1. The van der Waals surface area contributed by atoms with Gasteiger partial charge in [0.05, 0.1) is 11.0 Å². The van der Waals surface area contributed by atoms with Crippen LogP contribution < -0.4 is 0 Å². The van der Waals surface area contributed by atoms with Gasteiger partial charge in [-0.2, -0.15) is 0 Å². The van der Waals surface area contributed by atoms with Crippen LogP contribution >= 0.6 is 15.8 Å². The van der Waals surface area contributed by atoms with Crippen LogP contribution in [-0.4, -0.2) is 25.6 Å². The molecule has 1 N–H and O–H groups in total. The number of fused-ring (bicyclic) bond motifs is 3.